The van der Waals surface area contributed by atoms with Crippen molar-refractivity contribution >= 4 is 28.9 Å². The van der Waals surface area contributed by atoms with Crippen molar-refractivity contribution in [1.29, 1.82) is 0 Å². The van der Waals surface area contributed by atoms with Gasteiger partial charge in [-0.05, 0) is 43.5 Å². The van der Waals surface area contributed by atoms with Gasteiger partial charge in [0.2, 0.25) is 0 Å². The van der Waals surface area contributed by atoms with Crippen LogP contribution in [-0.4, -0.2) is 26.2 Å². The highest BCUT2D eigenvalue weighted by Crippen LogP contribution is 2.37. The molecule has 20 heavy (non-hydrogen) atoms. The lowest BCUT2D eigenvalue weighted by Crippen LogP contribution is -2.28. The highest BCUT2D eigenvalue weighted by atomic mass is 35.5. The zero-order chi connectivity index (χ0) is 14.7. The van der Waals surface area contributed by atoms with Crippen molar-refractivity contribution in [2.45, 2.75) is 20.3 Å². The van der Waals surface area contributed by atoms with Crippen molar-refractivity contribution < 1.29 is 4.39 Å². The Morgan fingerprint density at radius 2 is 2.00 bits per heavy atom. The Labute approximate surface area is 130 Å². The van der Waals surface area contributed by atoms with Crippen molar-refractivity contribution in [3.63, 3.8) is 0 Å². The molecule has 1 aliphatic rings. The molecule has 0 spiro atoms. The summed E-state index contributed by atoms with van der Waals surface area (Å²) in [6, 6.07) is 2.65. The molecule has 2 rings (SSSR count). The van der Waals surface area contributed by atoms with Crippen LogP contribution in [0.4, 0.5) is 10.1 Å². The average molecular weight is 319 g/mol. The Morgan fingerprint density at radius 3 is 2.60 bits per heavy atom. The molecule has 0 bridgehead atoms. The number of halogens is 3. The molecule has 1 fully saturated rings. The molecule has 0 aliphatic carbocycles. The van der Waals surface area contributed by atoms with E-state index in [-0.39, 0.29) is 0 Å². The molecule has 0 amide bonds. The lowest BCUT2D eigenvalue weighted by atomic mass is 10.1. The molecule has 1 N–H and O–H groups in total. The Balaban J connectivity index is 1.96. The van der Waals surface area contributed by atoms with E-state index < -0.39 is 5.82 Å². The summed E-state index contributed by atoms with van der Waals surface area (Å²) in [5, 5.41) is 4.27. The highest BCUT2D eigenvalue weighted by Gasteiger charge is 2.25. The maximum absolute atomic E-state index is 13.2. The first-order valence-electron chi connectivity index (χ1n) is 7.07. The standard InChI is InChI=1S/C15H21Cl2FN2/c1-10(2)7-19-8-11-3-4-20(9-11)15-13(16)5-12(18)6-14(15)17/h5-6,10-11,19H,3-4,7-9H2,1-2H3. The van der Waals surface area contributed by atoms with Gasteiger partial charge in [-0.2, -0.15) is 0 Å². The molecule has 5 heteroatoms. The predicted molar refractivity (Wildman–Crippen MR) is 84.4 cm³/mol. The highest BCUT2D eigenvalue weighted by molar-refractivity contribution is 6.39. The van der Waals surface area contributed by atoms with E-state index in [0.29, 0.717) is 21.9 Å². The summed E-state index contributed by atoms with van der Waals surface area (Å²) >= 11 is 12.3. The summed E-state index contributed by atoms with van der Waals surface area (Å²) in [6.45, 7) is 8.27. The second kappa shape index (κ2) is 6.97. The Hall–Kier alpha value is -0.510. The van der Waals surface area contributed by atoms with Crippen LogP contribution in [0.1, 0.15) is 20.3 Å². The van der Waals surface area contributed by atoms with Crippen molar-refractivity contribution in [1.82, 2.24) is 5.32 Å². The van der Waals surface area contributed by atoms with Gasteiger partial charge in [-0.15, -0.1) is 0 Å². The summed E-state index contributed by atoms with van der Waals surface area (Å²) in [4.78, 5) is 2.16. The van der Waals surface area contributed by atoms with Crippen LogP contribution in [0.3, 0.4) is 0 Å². The summed E-state index contributed by atoms with van der Waals surface area (Å²) in [7, 11) is 0. The number of anilines is 1. The Morgan fingerprint density at radius 1 is 1.35 bits per heavy atom. The van der Waals surface area contributed by atoms with Crippen LogP contribution in [0.2, 0.25) is 10.0 Å². The summed E-state index contributed by atoms with van der Waals surface area (Å²) in [5.74, 6) is 0.859. The van der Waals surface area contributed by atoms with Crippen LogP contribution in [0.15, 0.2) is 12.1 Å². The first-order valence-corrected chi connectivity index (χ1v) is 7.83. The minimum atomic E-state index is -0.391. The summed E-state index contributed by atoms with van der Waals surface area (Å²) < 4.78 is 13.2. The van der Waals surface area contributed by atoms with E-state index in [4.69, 9.17) is 23.2 Å². The van der Waals surface area contributed by atoms with Crippen LogP contribution < -0.4 is 10.2 Å². The van der Waals surface area contributed by atoms with Crippen molar-refractivity contribution in [3.05, 3.63) is 28.0 Å². The molecule has 1 aromatic carbocycles. The molecule has 1 aromatic rings. The molecule has 0 saturated carbocycles. The van der Waals surface area contributed by atoms with Crippen LogP contribution >= 0.6 is 23.2 Å². The fourth-order valence-corrected chi connectivity index (χ4v) is 3.31. The van der Waals surface area contributed by atoms with Gasteiger partial charge in [0.05, 0.1) is 15.7 Å². The van der Waals surface area contributed by atoms with Gasteiger partial charge >= 0.3 is 0 Å². The van der Waals surface area contributed by atoms with Gasteiger partial charge in [0, 0.05) is 13.1 Å². The zero-order valence-corrected chi connectivity index (χ0v) is 13.4. The largest absolute Gasteiger partial charge is 0.369 e. The van der Waals surface area contributed by atoms with Crippen LogP contribution in [0.25, 0.3) is 0 Å². The second-order valence-electron chi connectivity index (χ2n) is 5.87. The van der Waals surface area contributed by atoms with Crippen molar-refractivity contribution in [2.75, 3.05) is 31.1 Å². The molecule has 112 valence electrons. The third-order valence-corrected chi connectivity index (χ3v) is 4.15. The van der Waals surface area contributed by atoms with E-state index in [1.165, 1.54) is 12.1 Å². The van der Waals surface area contributed by atoms with Gasteiger partial charge < -0.3 is 10.2 Å². The van der Waals surface area contributed by atoms with E-state index in [1.807, 2.05) is 0 Å². The van der Waals surface area contributed by atoms with E-state index in [1.54, 1.807) is 0 Å². The number of hydrogen-bond donors (Lipinski definition) is 1. The van der Waals surface area contributed by atoms with Crippen molar-refractivity contribution in [2.24, 2.45) is 11.8 Å². The molecule has 1 heterocycles. The van der Waals surface area contributed by atoms with E-state index in [2.05, 4.69) is 24.1 Å². The Bertz CT molecular complexity index is 442. The van der Waals surface area contributed by atoms with Crippen LogP contribution in [0, 0.1) is 17.7 Å². The van der Waals surface area contributed by atoms with Gasteiger partial charge in [0.15, 0.2) is 0 Å². The molecule has 0 radical (unpaired) electrons. The number of nitrogens with zero attached hydrogens (tertiary/aromatic N) is 1. The molecular weight excluding hydrogens is 298 g/mol. The third-order valence-electron chi connectivity index (χ3n) is 3.57. The smallest absolute Gasteiger partial charge is 0.126 e. The van der Waals surface area contributed by atoms with E-state index in [0.717, 1.165) is 38.3 Å². The molecular formula is C15H21Cl2FN2. The van der Waals surface area contributed by atoms with Gasteiger partial charge in [0.1, 0.15) is 5.82 Å². The fourth-order valence-electron chi connectivity index (χ4n) is 2.62. The minimum Gasteiger partial charge on any atom is -0.369 e. The quantitative estimate of drug-likeness (QED) is 0.875. The number of benzene rings is 1. The molecule has 2 nitrogen and oxygen atoms in total. The monoisotopic (exact) mass is 318 g/mol. The lowest BCUT2D eigenvalue weighted by molar-refractivity contribution is 0.477. The zero-order valence-electron chi connectivity index (χ0n) is 11.9. The third kappa shape index (κ3) is 4.00. The first-order chi connectivity index (χ1) is 9.47. The maximum Gasteiger partial charge on any atom is 0.126 e. The van der Waals surface area contributed by atoms with Gasteiger partial charge in [0.25, 0.3) is 0 Å². The summed E-state index contributed by atoms with van der Waals surface area (Å²) in [6.07, 6.45) is 1.11. The molecule has 1 aliphatic heterocycles. The second-order valence-corrected chi connectivity index (χ2v) is 6.69. The molecule has 1 unspecified atom stereocenters. The normalized spacial score (nSPS) is 19.1. The summed E-state index contributed by atoms with van der Waals surface area (Å²) in [5.41, 5.74) is 0.765. The van der Waals surface area contributed by atoms with Crippen LogP contribution in [0.5, 0.6) is 0 Å². The molecule has 1 atom stereocenters. The van der Waals surface area contributed by atoms with Gasteiger partial charge in [-0.25, -0.2) is 4.39 Å². The number of hydrogen-bond acceptors (Lipinski definition) is 2. The fraction of sp³-hybridized carbons (Fsp3) is 0.600. The van der Waals surface area contributed by atoms with Crippen molar-refractivity contribution in [3.8, 4) is 0 Å². The lowest BCUT2D eigenvalue weighted by Gasteiger charge is -2.21. The van der Waals surface area contributed by atoms with Gasteiger partial charge in [-0.3, -0.25) is 0 Å². The van der Waals surface area contributed by atoms with E-state index >= 15 is 0 Å². The van der Waals surface area contributed by atoms with Gasteiger partial charge in [-0.1, -0.05) is 37.0 Å². The van der Waals surface area contributed by atoms with E-state index in [9.17, 15) is 4.39 Å². The molecule has 1 saturated heterocycles. The maximum atomic E-state index is 13.2. The SMILES string of the molecule is CC(C)CNCC1CCN(c2c(Cl)cc(F)cc2Cl)C1. The topological polar surface area (TPSA) is 15.3 Å². The van der Waals surface area contributed by atoms with Crippen LogP contribution in [-0.2, 0) is 0 Å². The Kier molecular flexibility index (Phi) is 5.53. The molecule has 0 aromatic heterocycles. The first kappa shape index (κ1) is 15.9. The number of rotatable bonds is 5. The average Bonchev–Trinajstić information content (AvgIpc) is 2.75. The minimum absolute atomic E-state index is 0.391. The predicted octanol–water partition coefficient (Wildman–Crippen LogP) is 4.20. The number of nitrogens with one attached hydrogen (secondary N) is 1.